The van der Waals surface area contributed by atoms with E-state index in [-0.39, 0.29) is 5.12 Å². The zero-order valence-corrected chi connectivity index (χ0v) is 6.57. The Bertz CT molecular complexity index is 120. The van der Waals surface area contributed by atoms with E-state index in [0.29, 0.717) is 12.0 Å². The molecule has 0 aromatic heterocycles. The molecule has 9 nitrogen and oxygen atoms in total. The van der Waals surface area contributed by atoms with Gasteiger partial charge in [0.1, 0.15) is 12.0 Å². The summed E-state index contributed by atoms with van der Waals surface area (Å²) in [5.41, 5.74) is 0. The molecule has 0 bridgehead atoms. The minimum Gasteiger partial charge on any atom is -0.285 e. The maximum atomic E-state index is 10.1. The summed E-state index contributed by atoms with van der Waals surface area (Å²) in [5.74, 6) is 4.31. The summed E-state index contributed by atoms with van der Waals surface area (Å²) in [6, 6.07) is 0. The average molecular weight is 203 g/mol. The van der Waals surface area contributed by atoms with Crippen molar-refractivity contribution in [1.29, 1.82) is 0 Å². The highest BCUT2D eigenvalue weighted by molar-refractivity contribution is 8.09. The van der Waals surface area contributed by atoms with Crippen LogP contribution in [0, 0.1) is 0 Å². The van der Waals surface area contributed by atoms with Crippen LogP contribution in [0.5, 0.6) is 0 Å². The van der Waals surface area contributed by atoms with Gasteiger partial charge in [-0.3, -0.25) is 4.79 Å². The molecule has 0 aliphatic heterocycles. The lowest BCUT2D eigenvalue weighted by Crippen LogP contribution is -2.03. The van der Waals surface area contributed by atoms with Gasteiger partial charge in [0.05, 0.1) is 0 Å². The van der Waals surface area contributed by atoms with Crippen molar-refractivity contribution in [2.45, 2.75) is 6.92 Å². The predicted octanol–water partition coefficient (Wildman–Crippen LogP) is -0.339. The van der Waals surface area contributed by atoms with Crippen LogP contribution in [0.15, 0.2) is 0 Å². The van der Waals surface area contributed by atoms with Crippen molar-refractivity contribution in [3.63, 3.8) is 0 Å². The normalized spacial score (nSPS) is 10.2. The van der Waals surface area contributed by atoms with Gasteiger partial charge < -0.3 is 0 Å². The Morgan fingerprint density at radius 2 is 1.75 bits per heavy atom. The second-order valence-corrected chi connectivity index (χ2v) is 1.96. The highest BCUT2D eigenvalue weighted by Crippen LogP contribution is 2.03. The molecule has 0 heterocycles. The van der Waals surface area contributed by atoms with Gasteiger partial charge >= 0.3 is 0 Å². The van der Waals surface area contributed by atoms with Gasteiger partial charge in [-0.15, -0.1) is 9.32 Å². The molecular weight excluding hydrogens is 198 g/mol. The maximum Gasteiger partial charge on any atom is 0.215 e. The molecule has 0 unspecified atom stereocenters. The minimum absolute atomic E-state index is 0.346. The Hall–Kier alpha value is -0.300. The first-order valence-corrected chi connectivity index (χ1v) is 3.05. The van der Waals surface area contributed by atoms with Crippen LogP contribution < -0.4 is 5.90 Å². The van der Waals surface area contributed by atoms with Crippen LogP contribution in [0.3, 0.4) is 0 Å². The van der Waals surface area contributed by atoms with E-state index in [0.717, 1.165) is 0 Å². The van der Waals surface area contributed by atoms with E-state index in [1.54, 1.807) is 0 Å². The first-order valence-electron chi connectivity index (χ1n) is 2.31. The van der Waals surface area contributed by atoms with Gasteiger partial charge in [0.25, 0.3) is 0 Å². The van der Waals surface area contributed by atoms with Crippen LogP contribution in [-0.2, 0) is 39.3 Å². The van der Waals surface area contributed by atoms with Crippen LogP contribution in [0.25, 0.3) is 0 Å². The third-order valence-corrected chi connectivity index (χ3v) is 0.688. The Kier molecular flexibility index (Phi) is 8.57. The summed E-state index contributed by atoms with van der Waals surface area (Å²) in [6.45, 7) is 1.25. The molecule has 72 valence electrons. The topological polar surface area (TPSA) is 108 Å². The second-order valence-electron chi connectivity index (χ2n) is 1.08. The largest absolute Gasteiger partial charge is 0.285 e. The second kappa shape index (κ2) is 8.79. The molecule has 0 aliphatic rings. The average Bonchev–Trinajstić information content (AvgIpc) is 2.02. The third kappa shape index (κ3) is 9.70. The van der Waals surface area contributed by atoms with Gasteiger partial charge in [-0.05, 0) is 25.2 Å². The molecule has 12 heavy (non-hydrogen) atoms. The van der Waals surface area contributed by atoms with Crippen molar-refractivity contribution < 1.29 is 39.3 Å². The lowest BCUT2D eigenvalue weighted by molar-refractivity contribution is -0.782. The van der Waals surface area contributed by atoms with Gasteiger partial charge in [-0.25, -0.2) is 0 Å². The fraction of sp³-hybridized carbons (Fsp3) is 0.500. The first kappa shape index (κ1) is 11.7. The van der Waals surface area contributed by atoms with Gasteiger partial charge in [-0.2, -0.15) is 5.90 Å². The van der Waals surface area contributed by atoms with Crippen LogP contribution in [0.2, 0.25) is 0 Å². The number of carbonyl (C=O) groups is 1. The molecule has 0 aromatic carbocycles. The van der Waals surface area contributed by atoms with Crippen molar-refractivity contribution in [2.24, 2.45) is 5.90 Å². The van der Waals surface area contributed by atoms with Gasteiger partial charge in [-0.1, -0.05) is 0 Å². The molecule has 0 rings (SSSR count). The van der Waals surface area contributed by atoms with E-state index in [9.17, 15) is 4.79 Å². The summed E-state index contributed by atoms with van der Waals surface area (Å²) in [6.07, 6.45) is 0. The molecule has 0 spiro atoms. The van der Waals surface area contributed by atoms with Gasteiger partial charge in [0.15, 0.2) is 0 Å². The van der Waals surface area contributed by atoms with Crippen LogP contribution in [-0.4, -0.2) is 5.12 Å². The van der Waals surface area contributed by atoms with E-state index >= 15 is 0 Å². The minimum atomic E-state index is -0.346. The van der Waals surface area contributed by atoms with Gasteiger partial charge in [0, 0.05) is 6.92 Å². The van der Waals surface area contributed by atoms with E-state index in [1.807, 2.05) is 0 Å². The molecule has 0 atom stereocenters. The number of carbonyl (C=O) groups excluding carboxylic acids is 1. The van der Waals surface area contributed by atoms with Crippen molar-refractivity contribution in [3.05, 3.63) is 0 Å². The van der Waals surface area contributed by atoms with Gasteiger partial charge in [0.2, 0.25) is 5.12 Å². The monoisotopic (exact) mass is 203 g/mol. The van der Waals surface area contributed by atoms with Crippen molar-refractivity contribution in [1.82, 2.24) is 0 Å². The van der Waals surface area contributed by atoms with Crippen molar-refractivity contribution in [3.8, 4) is 0 Å². The third-order valence-electron chi connectivity index (χ3n) is 0.330. The first-order chi connectivity index (χ1) is 5.77. The number of hydrogen-bond donors (Lipinski definition) is 1. The highest BCUT2D eigenvalue weighted by atomic mass is 32.2. The summed E-state index contributed by atoms with van der Waals surface area (Å²) in [4.78, 5) is 13.6. The molecular formula is C2H5NO8S. The Morgan fingerprint density at radius 3 is 2.33 bits per heavy atom. The number of hydrogen-bond acceptors (Lipinski definition) is 10. The number of nitrogens with two attached hydrogens (primary N) is 1. The molecule has 0 fully saturated rings. The van der Waals surface area contributed by atoms with E-state index in [4.69, 9.17) is 0 Å². The fourth-order valence-corrected chi connectivity index (χ4v) is 0.269. The highest BCUT2D eigenvalue weighted by Gasteiger charge is 1.97. The summed E-state index contributed by atoms with van der Waals surface area (Å²) >= 11 is 0.377. The standard InChI is InChI=1S/C2H5NO8S/c1-2(4)12-11-10-9-8-7-6-5-3/h3H2,1H3. The van der Waals surface area contributed by atoms with Crippen LogP contribution >= 0.6 is 12.0 Å². The zero-order chi connectivity index (χ0) is 9.23. The SMILES string of the molecule is CC(=O)SOOOOOOON. The number of rotatable bonds is 7. The Balaban J connectivity index is 2.86. The zero-order valence-electron chi connectivity index (χ0n) is 5.75. The lowest BCUT2D eigenvalue weighted by atomic mass is 10.9. The van der Waals surface area contributed by atoms with Crippen LogP contribution in [0.4, 0.5) is 0 Å². The van der Waals surface area contributed by atoms with E-state index in [2.05, 4.69) is 40.4 Å². The van der Waals surface area contributed by atoms with Crippen molar-refractivity contribution >= 4 is 17.2 Å². The maximum absolute atomic E-state index is 10.1. The summed E-state index contributed by atoms with van der Waals surface area (Å²) < 4.78 is 3.99. The predicted molar refractivity (Wildman–Crippen MR) is 30.1 cm³/mol. The van der Waals surface area contributed by atoms with E-state index in [1.165, 1.54) is 6.92 Å². The molecule has 0 radical (unpaired) electrons. The van der Waals surface area contributed by atoms with Crippen LogP contribution in [0.1, 0.15) is 6.92 Å². The Morgan fingerprint density at radius 1 is 1.17 bits per heavy atom. The molecule has 0 saturated heterocycles. The lowest BCUT2D eigenvalue weighted by Gasteiger charge is -1.95. The fourth-order valence-electron chi connectivity index (χ4n) is 0.123. The molecule has 0 aromatic rings. The molecule has 0 aliphatic carbocycles. The molecule has 10 heteroatoms. The van der Waals surface area contributed by atoms with E-state index < -0.39 is 0 Å². The molecule has 2 N–H and O–H groups in total. The Labute approximate surface area is 70.3 Å². The molecule has 0 saturated carbocycles. The summed E-state index contributed by atoms with van der Waals surface area (Å²) in [7, 11) is 0. The molecule has 0 amide bonds. The quantitative estimate of drug-likeness (QED) is 0.255. The van der Waals surface area contributed by atoms with Crippen molar-refractivity contribution in [2.75, 3.05) is 0 Å². The summed E-state index contributed by atoms with van der Waals surface area (Å²) in [5, 5.41) is 17.5. The smallest absolute Gasteiger partial charge is 0.215 e.